The van der Waals surface area contributed by atoms with Crippen LogP contribution in [0.3, 0.4) is 0 Å². The fourth-order valence-corrected chi connectivity index (χ4v) is 6.30. The molecule has 5 rings (SSSR count). The second-order valence-corrected chi connectivity index (χ2v) is 9.80. The number of aryl methyl sites for hydroxylation is 2. The molecule has 8 heteroatoms. The average molecular weight is 441 g/mol. The third-order valence-corrected chi connectivity index (χ3v) is 7.73. The summed E-state index contributed by atoms with van der Waals surface area (Å²) in [5.74, 6) is 1.41. The van der Waals surface area contributed by atoms with Crippen LogP contribution in [0, 0.1) is 11.7 Å². The van der Waals surface area contributed by atoms with E-state index in [0.29, 0.717) is 16.6 Å². The Labute approximate surface area is 181 Å². The minimum Gasteiger partial charge on any atom is -0.293 e. The predicted octanol–water partition coefficient (Wildman–Crippen LogP) is 5.14. The number of nitrogens with zero attached hydrogens (tertiary/aromatic N) is 4. The van der Waals surface area contributed by atoms with E-state index < -0.39 is 0 Å². The van der Waals surface area contributed by atoms with Gasteiger partial charge in [0.1, 0.15) is 16.5 Å². The van der Waals surface area contributed by atoms with Crippen LogP contribution in [0.5, 0.6) is 0 Å². The molecule has 30 heavy (non-hydrogen) atoms. The summed E-state index contributed by atoms with van der Waals surface area (Å²) in [7, 11) is 0. The molecule has 0 unspecified atom stereocenters. The number of hydrogen-bond acceptors (Lipinski definition) is 6. The third kappa shape index (κ3) is 3.32. The largest absolute Gasteiger partial charge is 0.293 e. The van der Waals surface area contributed by atoms with Crippen molar-refractivity contribution < 1.29 is 9.18 Å². The van der Waals surface area contributed by atoms with Gasteiger partial charge in [-0.15, -0.1) is 21.5 Å². The van der Waals surface area contributed by atoms with Gasteiger partial charge in [0.2, 0.25) is 0 Å². The second-order valence-electron chi connectivity index (χ2n) is 7.77. The van der Waals surface area contributed by atoms with Gasteiger partial charge < -0.3 is 0 Å². The normalized spacial score (nSPS) is 16.3. The smallest absolute Gasteiger partial charge is 0.197 e. The van der Waals surface area contributed by atoms with Gasteiger partial charge in [0.05, 0.1) is 11.1 Å². The number of hydrogen-bond donors (Lipinski definition) is 0. The van der Waals surface area contributed by atoms with Gasteiger partial charge in [-0.05, 0) is 55.0 Å². The molecule has 3 aromatic heterocycles. The van der Waals surface area contributed by atoms with Crippen molar-refractivity contribution >= 4 is 44.7 Å². The van der Waals surface area contributed by atoms with E-state index in [1.807, 2.05) is 4.40 Å². The van der Waals surface area contributed by atoms with Crippen molar-refractivity contribution in [2.24, 2.45) is 5.92 Å². The summed E-state index contributed by atoms with van der Waals surface area (Å²) in [5.41, 5.74) is 2.72. The maximum atomic E-state index is 13.1. The van der Waals surface area contributed by atoms with Crippen LogP contribution in [0.25, 0.3) is 15.9 Å². The average Bonchev–Trinajstić information content (AvgIpc) is 3.32. The molecule has 0 N–H and O–H groups in total. The number of thioether (sulfide) groups is 1. The highest BCUT2D eigenvalue weighted by atomic mass is 32.2. The first kappa shape index (κ1) is 19.6. The molecule has 1 atom stereocenters. The summed E-state index contributed by atoms with van der Waals surface area (Å²) in [4.78, 5) is 19.9. The zero-order valence-corrected chi connectivity index (χ0v) is 18.4. The number of benzene rings is 1. The molecular weight excluding hydrogens is 419 g/mol. The lowest BCUT2D eigenvalue weighted by molar-refractivity contribution is 0.102. The van der Waals surface area contributed by atoms with E-state index in [0.717, 1.165) is 41.0 Å². The van der Waals surface area contributed by atoms with Crippen molar-refractivity contribution in [2.45, 2.75) is 44.7 Å². The quantitative estimate of drug-likeness (QED) is 0.318. The molecule has 1 aliphatic carbocycles. The number of thiophene rings is 1. The van der Waals surface area contributed by atoms with Crippen LogP contribution in [0.1, 0.15) is 46.9 Å². The predicted molar refractivity (Wildman–Crippen MR) is 118 cm³/mol. The highest BCUT2D eigenvalue weighted by Crippen LogP contribution is 2.39. The fraction of sp³-hybridized carbons (Fsp3) is 0.364. The van der Waals surface area contributed by atoms with E-state index in [9.17, 15) is 9.18 Å². The Kier molecular flexibility index (Phi) is 5.06. The number of aromatic nitrogens is 4. The molecule has 154 valence electrons. The zero-order chi connectivity index (χ0) is 20.8. The van der Waals surface area contributed by atoms with Crippen molar-refractivity contribution in [2.75, 3.05) is 5.75 Å². The first-order valence-corrected chi connectivity index (χ1v) is 11.9. The lowest BCUT2D eigenvalue weighted by atomic mass is 9.89. The van der Waals surface area contributed by atoms with Crippen molar-refractivity contribution in [3.8, 4) is 0 Å². The lowest BCUT2D eigenvalue weighted by Crippen LogP contribution is -2.09. The molecule has 0 aliphatic heterocycles. The Morgan fingerprint density at radius 3 is 2.87 bits per heavy atom. The summed E-state index contributed by atoms with van der Waals surface area (Å²) in [6.45, 7) is 4.37. The molecule has 0 saturated heterocycles. The SMILES string of the molecule is CCc1nc2sc3c(c2c2nnc(SCC(=O)c4ccc(F)cc4)n12)CC[C@H](C)C3. The maximum absolute atomic E-state index is 13.1. The van der Waals surface area contributed by atoms with Crippen LogP contribution in [0.2, 0.25) is 0 Å². The number of fused-ring (bicyclic) bond motifs is 5. The van der Waals surface area contributed by atoms with Gasteiger partial charge in [0, 0.05) is 16.9 Å². The molecule has 0 bridgehead atoms. The van der Waals surface area contributed by atoms with Crippen LogP contribution < -0.4 is 0 Å². The second kappa shape index (κ2) is 7.74. The minimum absolute atomic E-state index is 0.0641. The van der Waals surface area contributed by atoms with Crippen LogP contribution in [0.15, 0.2) is 29.4 Å². The van der Waals surface area contributed by atoms with Gasteiger partial charge >= 0.3 is 0 Å². The molecule has 0 radical (unpaired) electrons. The van der Waals surface area contributed by atoms with Crippen molar-refractivity contribution in [3.05, 3.63) is 51.9 Å². The van der Waals surface area contributed by atoms with Crippen LogP contribution in [0.4, 0.5) is 4.39 Å². The van der Waals surface area contributed by atoms with E-state index >= 15 is 0 Å². The van der Waals surface area contributed by atoms with Gasteiger partial charge in [-0.1, -0.05) is 25.6 Å². The minimum atomic E-state index is -0.348. The summed E-state index contributed by atoms with van der Waals surface area (Å²) in [6.07, 6.45) is 4.09. The monoisotopic (exact) mass is 440 g/mol. The first-order chi connectivity index (χ1) is 14.5. The van der Waals surface area contributed by atoms with Crippen LogP contribution >= 0.6 is 23.1 Å². The number of rotatable bonds is 5. The molecule has 1 aliphatic rings. The molecule has 0 amide bonds. The van der Waals surface area contributed by atoms with Gasteiger partial charge in [-0.25, -0.2) is 9.37 Å². The van der Waals surface area contributed by atoms with Gasteiger partial charge in [0.25, 0.3) is 0 Å². The molecular formula is C22H21FN4OS2. The summed E-state index contributed by atoms with van der Waals surface area (Å²) < 4.78 is 15.1. The fourth-order valence-electron chi connectivity index (χ4n) is 4.06. The van der Waals surface area contributed by atoms with Crippen LogP contribution in [-0.2, 0) is 19.3 Å². The highest BCUT2D eigenvalue weighted by molar-refractivity contribution is 7.99. The zero-order valence-electron chi connectivity index (χ0n) is 16.8. The Balaban J connectivity index is 1.52. The van der Waals surface area contributed by atoms with E-state index in [1.54, 1.807) is 11.3 Å². The van der Waals surface area contributed by atoms with Crippen molar-refractivity contribution in [1.29, 1.82) is 0 Å². The summed E-state index contributed by atoms with van der Waals surface area (Å²) in [5, 5.41) is 10.7. The standard InChI is InChI=1S/C22H21FN4OS2/c1-3-18-24-21-19(15-9-4-12(2)10-17(15)30-21)20-25-26-22(27(18)20)29-11-16(28)13-5-7-14(23)8-6-13/h5-8,12H,3-4,9-11H2,1-2H3/t12-/m0/s1. The van der Waals surface area contributed by atoms with Crippen molar-refractivity contribution in [1.82, 2.24) is 19.6 Å². The molecule has 0 fully saturated rings. The lowest BCUT2D eigenvalue weighted by Gasteiger charge is -2.17. The molecule has 0 saturated carbocycles. The number of Topliss-reactive ketones (excluding diaryl/α,β-unsaturated/α-hetero) is 1. The molecule has 1 aromatic carbocycles. The van der Waals surface area contributed by atoms with Gasteiger partial charge in [-0.3, -0.25) is 9.20 Å². The van der Waals surface area contributed by atoms with E-state index in [1.165, 1.54) is 52.9 Å². The van der Waals surface area contributed by atoms with Gasteiger partial charge in [-0.2, -0.15) is 0 Å². The Hall–Kier alpha value is -2.32. The number of halogens is 1. The third-order valence-electron chi connectivity index (χ3n) is 5.65. The number of ketones is 1. The van der Waals surface area contributed by atoms with Crippen molar-refractivity contribution in [3.63, 3.8) is 0 Å². The topological polar surface area (TPSA) is 60.2 Å². The maximum Gasteiger partial charge on any atom is 0.197 e. The molecule has 5 nitrogen and oxygen atoms in total. The summed E-state index contributed by atoms with van der Waals surface area (Å²) in [6, 6.07) is 5.64. The molecule has 0 spiro atoms. The van der Waals surface area contributed by atoms with E-state index in [-0.39, 0.29) is 17.4 Å². The molecule has 3 heterocycles. The highest BCUT2D eigenvalue weighted by Gasteiger charge is 2.25. The number of carbonyl (C=O) groups is 1. The Morgan fingerprint density at radius 1 is 1.30 bits per heavy atom. The molecule has 4 aromatic rings. The first-order valence-electron chi connectivity index (χ1n) is 10.1. The number of carbonyl (C=O) groups excluding carboxylic acids is 1. The van der Waals surface area contributed by atoms with E-state index in [2.05, 4.69) is 24.0 Å². The van der Waals surface area contributed by atoms with Gasteiger partial charge in [0.15, 0.2) is 16.6 Å². The van der Waals surface area contributed by atoms with Crippen LogP contribution in [-0.4, -0.2) is 31.1 Å². The Bertz CT molecular complexity index is 1260. The Morgan fingerprint density at radius 2 is 2.10 bits per heavy atom. The summed E-state index contributed by atoms with van der Waals surface area (Å²) >= 11 is 3.14. The van der Waals surface area contributed by atoms with E-state index in [4.69, 9.17) is 4.98 Å².